The van der Waals surface area contributed by atoms with Crippen LogP contribution in [0.15, 0.2) is 36.4 Å². The Kier molecular flexibility index (Phi) is 10.1. The van der Waals surface area contributed by atoms with Crippen molar-refractivity contribution in [3.05, 3.63) is 78.9 Å². The van der Waals surface area contributed by atoms with Gasteiger partial charge in [0.2, 0.25) is 0 Å². The smallest absolute Gasteiger partial charge is 0.335 e. The summed E-state index contributed by atoms with van der Waals surface area (Å²) in [6.07, 6.45) is 0. The van der Waals surface area contributed by atoms with Crippen LogP contribution in [0.25, 0.3) is 0 Å². The second-order valence-corrected chi connectivity index (χ2v) is 6.63. The van der Waals surface area contributed by atoms with Crippen LogP contribution < -0.4 is 0 Å². The first kappa shape index (κ1) is 29.1. The average Bonchev–Trinajstić information content (AvgIpc) is 2.86. The molecule has 0 saturated heterocycles. The molecule has 0 saturated carbocycles. The molecule has 0 aliphatic rings. The number of amides is 2. The van der Waals surface area contributed by atoms with Crippen LogP contribution in [0.1, 0.15) is 41.4 Å². The number of carboxylic acids is 2. The zero-order valence-corrected chi connectivity index (χ0v) is 19.2. The van der Waals surface area contributed by atoms with Gasteiger partial charge in [-0.3, -0.25) is 39.5 Å². The highest BCUT2D eigenvalue weighted by atomic mass is 16.7. The van der Waals surface area contributed by atoms with E-state index in [0.717, 1.165) is 40.5 Å². The van der Waals surface area contributed by atoms with Gasteiger partial charge in [-0.1, -0.05) is 0 Å². The standard InChI is InChI=1S/C12H15N3O6.C8H5NO6/c1-13(20-3)11(16)8-5-9(12(17)14(2)21-4)7-10(6-8)15(18)19;10-7(11)4-1-5(8(12)13)3-6(2-4)9(14)15/h5-7H,1-4H3;1-3H,(H,10,11)(H,12,13). The van der Waals surface area contributed by atoms with Crippen molar-refractivity contribution >= 4 is 35.1 Å². The van der Waals surface area contributed by atoms with Gasteiger partial charge in [0.1, 0.15) is 0 Å². The van der Waals surface area contributed by atoms with Crippen molar-refractivity contribution in [1.29, 1.82) is 0 Å². The molecule has 0 radical (unpaired) electrons. The summed E-state index contributed by atoms with van der Waals surface area (Å²) in [5, 5.41) is 40.2. The van der Waals surface area contributed by atoms with E-state index in [0.29, 0.717) is 0 Å². The molecule has 0 aromatic heterocycles. The van der Waals surface area contributed by atoms with Gasteiger partial charge in [0.25, 0.3) is 23.2 Å². The number of carbonyl (C=O) groups is 4. The fraction of sp³-hybridized carbons (Fsp3) is 0.200. The van der Waals surface area contributed by atoms with Crippen molar-refractivity contribution in [2.24, 2.45) is 0 Å². The molecule has 0 unspecified atom stereocenters. The second-order valence-electron chi connectivity index (χ2n) is 6.63. The van der Waals surface area contributed by atoms with Gasteiger partial charge in [-0.2, -0.15) is 0 Å². The van der Waals surface area contributed by atoms with Crippen molar-refractivity contribution in [1.82, 2.24) is 10.1 Å². The Bertz CT molecular complexity index is 1090. The summed E-state index contributed by atoms with van der Waals surface area (Å²) in [6.45, 7) is 0. The summed E-state index contributed by atoms with van der Waals surface area (Å²) >= 11 is 0. The molecule has 16 heteroatoms. The number of carboxylic acid groups (broad SMARTS) is 2. The number of rotatable bonds is 8. The minimum atomic E-state index is -1.42. The van der Waals surface area contributed by atoms with E-state index in [1.165, 1.54) is 34.4 Å². The Hall–Kier alpha value is -4.96. The maximum Gasteiger partial charge on any atom is 0.335 e. The van der Waals surface area contributed by atoms with Gasteiger partial charge in [0.05, 0.1) is 35.2 Å². The molecule has 192 valence electrons. The number of nitro benzene ring substituents is 2. The maximum atomic E-state index is 12.0. The van der Waals surface area contributed by atoms with Crippen LogP contribution in [-0.2, 0) is 9.68 Å². The van der Waals surface area contributed by atoms with Gasteiger partial charge in [0.15, 0.2) is 0 Å². The average molecular weight is 508 g/mol. The minimum Gasteiger partial charge on any atom is -0.478 e. The summed E-state index contributed by atoms with van der Waals surface area (Å²) in [5.74, 6) is -4.06. The largest absolute Gasteiger partial charge is 0.478 e. The lowest BCUT2D eigenvalue weighted by Crippen LogP contribution is -2.28. The molecule has 2 N–H and O–H groups in total. The lowest BCUT2D eigenvalue weighted by atomic mass is 10.1. The number of hydroxylamine groups is 4. The molecular weight excluding hydrogens is 488 g/mol. The summed E-state index contributed by atoms with van der Waals surface area (Å²) in [7, 11) is 5.26. The van der Waals surface area contributed by atoms with E-state index in [1.807, 2.05) is 0 Å². The van der Waals surface area contributed by atoms with Crippen LogP contribution >= 0.6 is 0 Å². The Morgan fingerprint density at radius 3 is 1.19 bits per heavy atom. The minimum absolute atomic E-state index is 0.0404. The molecule has 0 aliphatic heterocycles. The van der Waals surface area contributed by atoms with Crippen LogP contribution in [0.5, 0.6) is 0 Å². The fourth-order valence-corrected chi connectivity index (χ4v) is 2.46. The predicted octanol–water partition coefficient (Wildman–Crippen LogP) is 1.85. The number of hydrogen-bond acceptors (Lipinski definition) is 10. The Morgan fingerprint density at radius 1 is 0.667 bits per heavy atom. The number of aromatic carboxylic acids is 2. The number of benzene rings is 2. The normalized spacial score (nSPS) is 9.89. The summed E-state index contributed by atoms with van der Waals surface area (Å²) in [4.78, 5) is 74.3. The Morgan fingerprint density at radius 2 is 0.944 bits per heavy atom. The number of nitrogens with zero attached hydrogens (tertiary/aromatic N) is 4. The van der Waals surface area contributed by atoms with Crippen LogP contribution in [0.4, 0.5) is 11.4 Å². The van der Waals surface area contributed by atoms with Crippen LogP contribution in [0.2, 0.25) is 0 Å². The maximum absolute atomic E-state index is 12.0. The second kappa shape index (κ2) is 12.5. The quantitative estimate of drug-likeness (QED) is 0.385. The van der Waals surface area contributed by atoms with Gasteiger partial charge < -0.3 is 10.2 Å². The third-order valence-corrected chi connectivity index (χ3v) is 4.36. The molecule has 0 atom stereocenters. The van der Waals surface area contributed by atoms with Crippen LogP contribution in [0, 0.1) is 20.2 Å². The monoisotopic (exact) mass is 508 g/mol. The zero-order chi connectivity index (χ0) is 27.7. The van der Waals surface area contributed by atoms with Gasteiger partial charge in [-0.05, 0) is 12.1 Å². The molecule has 36 heavy (non-hydrogen) atoms. The molecule has 0 aliphatic carbocycles. The van der Waals surface area contributed by atoms with Gasteiger partial charge in [-0.15, -0.1) is 0 Å². The lowest BCUT2D eigenvalue weighted by Gasteiger charge is -2.16. The molecule has 0 spiro atoms. The van der Waals surface area contributed by atoms with E-state index in [2.05, 4.69) is 0 Å². The van der Waals surface area contributed by atoms with E-state index >= 15 is 0 Å². The van der Waals surface area contributed by atoms with E-state index in [9.17, 15) is 39.4 Å². The number of nitro groups is 2. The molecular formula is C20H20N4O12. The highest BCUT2D eigenvalue weighted by Gasteiger charge is 2.22. The molecule has 0 heterocycles. The molecule has 0 fully saturated rings. The molecule has 2 amide bonds. The molecule has 0 bridgehead atoms. The van der Waals surface area contributed by atoms with Crippen molar-refractivity contribution in [2.45, 2.75) is 0 Å². The summed E-state index contributed by atoms with van der Waals surface area (Å²) in [6, 6.07) is 5.84. The zero-order valence-electron chi connectivity index (χ0n) is 19.2. The topological polar surface area (TPSA) is 220 Å². The van der Waals surface area contributed by atoms with Gasteiger partial charge >= 0.3 is 11.9 Å². The van der Waals surface area contributed by atoms with Gasteiger partial charge in [-0.25, -0.2) is 19.7 Å². The van der Waals surface area contributed by atoms with Crippen molar-refractivity contribution in [2.75, 3.05) is 28.3 Å². The van der Waals surface area contributed by atoms with Crippen molar-refractivity contribution in [3.8, 4) is 0 Å². The number of carbonyl (C=O) groups excluding carboxylic acids is 2. The fourth-order valence-electron chi connectivity index (χ4n) is 2.46. The first-order valence-electron chi connectivity index (χ1n) is 9.43. The van der Waals surface area contributed by atoms with E-state index in [1.54, 1.807) is 0 Å². The third kappa shape index (κ3) is 7.54. The van der Waals surface area contributed by atoms with Gasteiger partial charge in [0, 0.05) is 49.5 Å². The molecule has 16 nitrogen and oxygen atoms in total. The molecule has 2 aromatic rings. The first-order valence-corrected chi connectivity index (χ1v) is 9.43. The molecule has 2 aromatic carbocycles. The predicted molar refractivity (Wildman–Crippen MR) is 118 cm³/mol. The Balaban J connectivity index is 0.000000381. The highest BCUT2D eigenvalue weighted by molar-refractivity contribution is 6.00. The lowest BCUT2D eigenvalue weighted by molar-refractivity contribution is -0.385. The van der Waals surface area contributed by atoms with Crippen molar-refractivity contribution in [3.63, 3.8) is 0 Å². The van der Waals surface area contributed by atoms with Crippen molar-refractivity contribution < 1.29 is 48.9 Å². The number of non-ortho nitro benzene ring substituents is 2. The highest BCUT2D eigenvalue weighted by Crippen LogP contribution is 2.20. The number of hydrogen-bond donors (Lipinski definition) is 2. The first-order chi connectivity index (χ1) is 16.7. The Labute approximate surface area is 202 Å². The summed E-state index contributed by atoms with van der Waals surface area (Å²) < 4.78 is 0. The van der Waals surface area contributed by atoms with Crippen LogP contribution in [-0.4, -0.2) is 82.3 Å². The summed E-state index contributed by atoms with van der Waals surface area (Å²) in [5.41, 5.74) is -1.88. The van der Waals surface area contributed by atoms with Crippen LogP contribution in [0.3, 0.4) is 0 Å². The SMILES string of the molecule is CON(C)C(=O)c1cc(C(=O)N(C)OC)cc([N+](=O)[O-])c1.O=C(O)c1cc(C(=O)O)cc([N+](=O)[O-])c1. The molecule has 2 rings (SSSR count). The van der Waals surface area contributed by atoms with E-state index < -0.39 is 50.4 Å². The van der Waals surface area contributed by atoms with E-state index in [4.69, 9.17) is 19.9 Å². The third-order valence-electron chi connectivity index (χ3n) is 4.36. The van der Waals surface area contributed by atoms with E-state index in [-0.39, 0.29) is 16.8 Å².